The largest absolute Gasteiger partial charge is 0.397 e. The van der Waals surface area contributed by atoms with E-state index in [1.54, 1.807) is 0 Å². The minimum atomic E-state index is 0.679. The first-order valence-electron chi connectivity index (χ1n) is 5.14. The Morgan fingerprint density at radius 3 is 2.43 bits per heavy atom. The summed E-state index contributed by atoms with van der Waals surface area (Å²) in [6, 6.07) is 5.95. The van der Waals surface area contributed by atoms with Crippen molar-refractivity contribution in [3.05, 3.63) is 18.2 Å². The predicted octanol–water partition coefficient (Wildman–Crippen LogP) is 1.31. The van der Waals surface area contributed by atoms with Crippen molar-refractivity contribution in [1.29, 1.82) is 0 Å². The molecule has 0 spiro atoms. The number of nitrogens with two attached hydrogens (primary N) is 2. The fourth-order valence-corrected chi connectivity index (χ4v) is 2.37. The van der Waals surface area contributed by atoms with Gasteiger partial charge in [0.05, 0.1) is 11.4 Å². The lowest BCUT2D eigenvalue weighted by Gasteiger charge is -2.20. The third-order valence-corrected chi connectivity index (χ3v) is 3.41. The maximum absolute atomic E-state index is 5.78. The van der Waals surface area contributed by atoms with Crippen LogP contribution in [-0.4, -0.2) is 13.1 Å². The van der Waals surface area contributed by atoms with Crippen LogP contribution >= 0.6 is 0 Å². The Morgan fingerprint density at radius 1 is 1.07 bits per heavy atom. The van der Waals surface area contributed by atoms with Gasteiger partial charge in [0.15, 0.2) is 0 Å². The fourth-order valence-electron chi connectivity index (χ4n) is 2.37. The molecule has 1 aromatic rings. The number of piperidine rings is 1. The van der Waals surface area contributed by atoms with E-state index in [1.807, 2.05) is 12.1 Å². The zero-order valence-corrected chi connectivity index (χ0v) is 8.11. The van der Waals surface area contributed by atoms with Gasteiger partial charge < -0.3 is 16.4 Å². The molecule has 14 heavy (non-hydrogen) atoms. The van der Waals surface area contributed by atoms with E-state index in [0.717, 1.165) is 11.8 Å². The SMILES string of the molecule is Nc1ccc(N2CC3CC3C2)cc1N. The number of hydrogen-bond acceptors (Lipinski definition) is 3. The molecule has 2 atom stereocenters. The summed E-state index contributed by atoms with van der Waals surface area (Å²) < 4.78 is 0. The van der Waals surface area contributed by atoms with E-state index < -0.39 is 0 Å². The minimum Gasteiger partial charge on any atom is -0.397 e. The van der Waals surface area contributed by atoms with Crippen molar-refractivity contribution in [2.75, 3.05) is 29.5 Å². The third kappa shape index (κ3) is 1.12. The van der Waals surface area contributed by atoms with Crippen molar-refractivity contribution < 1.29 is 0 Å². The van der Waals surface area contributed by atoms with E-state index >= 15 is 0 Å². The van der Waals surface area contributed by atoms with Crippen molar-refractivity contribution in [2.24, 2.45) is 11.8 Å². The zero-order chi connectivity index (χ0) is 9.71. The average Bonchev–Trinajstić information content (AvgIpc) is 2.78. The number of hydrogen-bond donors (Lipinski definition) is 2. The Bertz CT molecular complexity index is 365. The molecule has 1 aliphatic carbocycles. The van der Waals surface area contributed by atoms with Gasteiger partial charge in [-0.3, -0.25) is 0 Å². The highest BCUT2D eigenvalue weighted by Gasteiger charge is 2.45. The van der Waals surface area contributed by atoms with Gasteiger partial charge in [0.25, 0.3) is 0 Å². The van der Waals surface area contributed by atoms with Crippen LogP contribution in [0.25, 0.3) is 0 Å². The molecule has 2 fully saturated rings. The van der Waals surface area contributed by atoms with Gasteiger partial charge in [0.1, 0.15) is 0 Å². The summed E-state index contributed by atoms with van der Waals surface area (Å²) in [4.78, 5) is 2.41. The lowest BCUT2D eigenvalue weighted by molar-refractivity contribution is 0.820. The van der Waals surface area contributed by atoms with Crippen molar-refractivity contribution in [2.45, 2.75) is 6.42 Å². The highest BCUT2D eigenvalue weighted by atomic mass is 15.2. The van der Waals surface area contributed by atoms with Crippen LogP contribution in [0.2, 0.25) is 0 Å². The summed E-state index contributed by atoms with van der Waals surface area (Å²) in [7, 11) is 0. The van der Waals surface area contributed by atoms with Crippen LogP contribution in [0.3, 0.4) is 0 Å². The molecule has 0 radical (unpaired) electrons. The Hall–Kier alpha value is -1.38. The number of nitrogen functional groups attached to an aromatic ring is 2. The number of anilines is 3. The second kappa shape index (κ2) is 2.56. The molecule has 3 nitrogen and oxygen atoms in total. The van der Waals surface area contributed by atoms with Gasteiger partial charge in [-0.25, -0.2) is 0 Å². The van der Waals surface area contributed by atoms with Gasteiger partial charge in [-0.05, 0) is 36.5 Å². The van der Waals surface area contributed by atoms with Crippen molar-refractivity contribution in [3.8, 4) is 0 Å². The topological polar surface area (TPSA) is 55.3 Å². The average molecular weight is 189 g/mol. The Balaban J connectivity index is 1.86. The van der Waals surface area contributed by atoms with Crippen molar-refractivity contribution in [3.63, 3.8) is 0 Å². The molecule has 3 rings (SSSR count). The molecule has 1 saturated heterocycles. The summed E-state index contributed by atoms with van der Waals surface area (Å²) >= 11 is 0. The Kier molecular flexibility index (Phi) is 1.46. The van der Waals surface area contributed by atoms with Crippen LogP contribution in [0, 0.1) is 11.8 Å². The lowest BCUT2D eigenvalue weighted by atomic mass is 10.2. The summed E-state index contributed by atoms with van der Waals surface area (Å²) in [5.74, 6) is 1.91. The van der Waals surface area contributed by atoms with Crippen LogP contribution in [0.5, 0.6) is 0 Å². The van der Waals surface area contributed by atoms with Gasteiger partial charge >= 0.3 is 0 Å². The molecule has 1 saturated carbocycles. The molecule has 2 unspecified atom stereocenters. The predicted molar refractivity (Wildman–Crippen MR) is 59.1 cm³/mol. The van der Waals surface area contributed by atoms with Crippen molar-refractivity contribution in [1.82, 2.24) is 0 Å². The zero-order valence-electron chi connectivity index (χ0n) is 8.11. The molecule has 3 heteroatoms. The first-order chi connectivity index (χ1) is 6.74. The van der Waals surface area contributed by atoms with E-state index in [2.05, 4.69) is 11.0 Å². The van der Waals surface area contributed by atoms with Gasteiger partial charge in [-0.15, -0.1) is 0 Å². The molecular formula is C11H15N3. The molecule has 0 bridgehead atoms. The fraction of sp³-hybridized carbons (Fsp3) is 0.455. The molecule has 74 valence electrons. The quantitative estimate of drug-likeness (QED) is 0.655. The molecule has 0 amide bonds. The maximum Gasteiger partial charge on any atom is 0.0568 e. The van der Waals surface area contributed by atoms with E-state index in [4.69, 9.17) is 11.5 Å². The number of rotatable bonds is 1. The van der Waals surface area contributed by atoms with E-state index in [-0.39, 0.29) is 0 Å². The molecule has 1 aliphatic heterocycles. The van der Waals surface area contributed by atoms with E-state index in [9.17, 15) is 0 Å². The number of benzene rings is 1. The third-order valence-electron chi connectivity index (χ3n) is 3.41. The second-order valence-electron chi connectivity index (χ2n) is 4.47. The van der Waals surface area contributed by atoms with Gasteiger partial charge in [0.2, 0.25) is 0 Å². The monoisotopic (exact) mass is 189 g/mol. The number of fused-ring (bicyclic) bond motifs is 1. The molecule has 1 heterocycles. The summed E-state index contributed by atoms with van der Waals surface area (Å²) in [6.07, 6.45) is 1.43. The minimum absolute atomic E-state index is 0.679. The van der Waals surface area contributed by atoms with Gasteiger partial charge in [-0.2, -0.15) is 0 Å². The highest BCUT2D eigenvalue weighted by Crippen LogP contribution is 2.46. The second-order valence-corrected chi connectivity index (χ2v) is 4.47. The molecule has 4 N–H and O–H groups in total. The standard InChI is InChI=1S/C11H15N3/c12-10-2-1-9(4-11(10)13)14-5-7-3-8(7)6-14/h1-2,4,7-8H,3,5-6,12-13H2. The van der Waals surface area contributed by atoms with Crippen molar-refractivity contribution >= 4 is 17.1 Å². The van der Waals surface area contributed by atoms with Crippen LogP contribution in [-0.2, 0) is 0 Å². The summed E-state index contributed by atoms with van der Waals surface area (Å²) in [6.45, 7) is 2.40. The Morgan fingerprint density at radius 2 is 1.79 bits per heavy atom. The maximum atomic E-state index is 5.78. The molecule has 1 aromatic carbocycles. The summed E-state index contributed by atoms with van der Waals surface area (Å²) in [5, 5.41) is 0. The van der Waals surface area contributed by atoms with Crippen LogP contribution in [0.1, 0.15) is 6.42 Å². The number of nitrogens with zero attached hydrogens (tertiary/aromatic N) is 1. The molecule has 0 aromatic heterocycles. The normalized spacial score (nSPS) is 29.0. The molecule has 2 aliphatic rings. The summed E-state index contributed by atoms with van der Waals surface area (Å²) in [5.41, 5.74) is 14.1. The van der Waals surface area contributed by atoms with E-state index in [1.165, 1.54) is 25.2 Å². The van der Waals surface area contributed by atoms with Crippen LogP contribution < -0.4 is 16.4 Å². The smallest absolute Gasteiger partial charge is 0.0568 e. The lowest BCUT2D eigenvalue weighted by Crippen LogP contribution is -2.21. The van der Waals surface area contributed by atoms with Gasteiger partial charge in [-0.1, -0.05) is 0 Å². The van der Waals surface area contributed by atoms with E-state index in [0.29, 0.717) is 11.4 Å². The van der Waals surface area contributed by atoms with Gasteiger partial charge in [0, 0.05) is 18.8 Å². The first kappa shape index (κ1) is 7.97. The first-order valence-corrected chi connectivity index (χ1v) is 5.14. The van der Waals surface area contributed by atoms with Crippen LogP contribution in [0.4, 0.5) is 17.1 Å². The highest BCUT2D eigenvalue weighted by molar-refractivity contribution is 5.70. The van der Waals surface area contributed by atoms with Crippen LogP contribution in [0.15, 0.2) is 18.2 Å². The molecular weight excluding hydrogens is 174 g/mol. The Labute approximate surface area is 83.7 Å².